The molecule has 0 aliphatic carbocycles. The highest BCUT2D eigenvalue weighted by molar-refractivity contribution is 9.10. The van der Waals surface area contributed by atoms with Gasteiger partial charge in [-0.05, 0) is 41.9 Å². The van der Waals surface area contributed by atoms with Crippen molar-refractivity contribution < 1.29 is 4.42 Å². The Bertz CT molecular complexity index is 536. The number of aromatic nitrogens is 2. The lowest BCUT2D eigenvalue weighted by Crippen LogP contribution is -2.25. The zero-order chi connectivity index (χ0) is 11.7. The van der Waals surface area contributed by atoms with Gasteiger partial charge in [-0.1, -0.05) is 0 Å². The Kier molecular flexibility index (Phi) is 3.05. The summed E-state index contributed by atoms with van der Waals surface area (Å²) in [6.07, 6.45) is 3.57. The maximum Gasteiger partial charge on any atom is 0.328 e. The molecule has 0 bridgehead atoms. The number of hydrogen-bond donors (Lipinski definition) is 0. The zero-order valence-corrected chi connectivity index (χ0v) is 10.8. The molecular formula is C11H13BrN2O2. The minimum atomic E-state index is -0.0116. The van der Waals surface area contributed by atoms with Gasteiger partial charge in [-0.25, -0.2) is 4.79 Å². The van der Waals surface area contributed by atoms with Crippen LogP contribution in [-0.2, 0) is 6.54 Å². The summed E-state index contributed by atoms with van der Waals surface area (Å²) in [5, 5.41) is 0. The molecule has 0 saturated carbocycles. The van der Waals surface area contributed by atoms with E-state index in [1.54, 1.807) is 21.5 Å². The van der Waals surface area contributed by atoms with Crippen molar-refractivity contribution in [2.75, 3.05) is 0 Å². The van der Waals surface area contributed by atoms with Crippen LogP contribution in [0.25, 0.3) is 0 Å². The Hall–Kier alpha value is -1.23. The maximum absolute atomic E-state index is 11.9. The van der Waals surface area contributed by atoms with Crippen molar-refractivity contribution in [3.05, 3.63) is 45.4 Å². The first-order valence-electron chi connectivity index (χ1n) is 5.09. The fourth-order valence-corrected chi connectivity index (χ4v) is 1.89. The molecule has 5 heteroatoms. The second-order valence-electron chi connectivity index (χ2n) is 3.92. The van der Waals surface area contributed by atoms with Crippen LogP contribution in [0.1, 0.15) is 25.6 Å². The van der Waals surface area contributed by atoms with Crippen molar-refractivity contribution >= 4 is 15.9 Å². The molecule has 0 aliphatic heterocycles. The summed E-state index contributed by atoms with van der Waals surface area (Å²) in [5.41, 5.74) is -0.0116. The third-order valence-electron chi connectivity index (χ3n) is 2.39. The van der Waals surface area contributed by atoms with Crippen molar-refractivity contribution in [3.8, 4) is 0 Å². The molecule has 0 fully saturated rings. The predicted octanol–water partition coefficient (Wildman–Crippen LogP) is 2.63. The highest BCUT2D eigenvalue weighted by Gasteiger charge is 2.08. The highest BCUT2D eigenvalue weighted by Crippen LogP contribution is 2.14. The minimum absolute atomic E-state index is 0.0116. The molecule has 4 nitrogen and oxygen atoms in total. The van der Waals surface area contributed by atoms with E-state index in [0.29, 0.717) is 11.2 Å². The molecule has 0 amide bonds. The number of nitrogens with zero attached hydrogens (tertiary/aromatic N) is 2. The smallest absolute Gasteiger partial charge is 0.328 e. The summed E-state index contributed by atoms with van der Waals surface area (Å²) < 4.78 is 9.36. The predicted molar refractivity (Wildman–Crippen MR) is 64.6 cm³/mol. The van der Waals surface area contributed by atoms with Gasteiger partial charge in [0.05, 0.1) is 6.54 Å². The van der Waals surface area contributed by atoms with E-state index in [-0.39, 0.29) is 11.7 Å². The van der Waals surface area contributed by atoms with Crippen molar-refractivity contribution in [1.29, 1.82) is 0 Å². The Balaban J connectivity index is 2.26. The fourth-order valence-electron chi connectivity index (χ4n) is 1.55. The molecule has 86 valence electrons. The van der Waals surface area contributed by atoms with E-state index in [1.807, 2.05) is 26.0 Å². The number of imidazole rings is 1. The van der Waals surface area contributed by atoms with Crippen molar-refractivity contribution in [3.63, 3.8) is 0 Å². The van der Waals surface area contributed by atoms with Gasteiger partial charge in [0.15, 0.2) is 4.67 Å². The molecule has 0 atom stereocenters. The second-order valence-corrected chi connectivity index (χ2v) is 4.70. The Labute approximate surface area is 102 Å². The van der Waals surface area contributed by atoms with Gasteiger partial charge in [-0.3, -0.25) is 9.13 Å². The monoisotopic (exact) mass is 284 g/mol. The maximum atomic E-state index is 11.9. The SMILES string of the molecule is CC(C)n1ccn(Cc2ccc(Br)o2)c1=O. The van der Waals surface area contributed by atoms with Crippen LogP contribution in [0.5, 0.6) is 0 Å². The molecule has 0 aliphatic rings. The molecule has 0 unspecified atom stereocenters. The van der Waals surface area contributed by atoms with Crippen LogP contribution in [0.4, 0.5) is 0 Å². The van der Waals surface area contributed by atoms with E-state index in [9.17, 15) is 4.79 Å². The van der Waals surface area contributed by atoms with Crippen LogP contribution in [0, 0.1) is 0 Å². The summed E-state index contributed by atoms with van der Waals surface area (Å²) in [4.78, 5) is 11.9. The van der Waals surface area contributed by atoms with Gasteiger partial charge in [0.2, 0.25) is 0 Å². The van der Waals surface area contributed by atoms with E-state index in [4.69, 9.17) is 4.42 Å². The molecule has 16 heavy (non-hydrogen) atoms. The van der Waals surface area contributed by atoms with E-state index in [2.05, 4.69) is 15.9 Å². The average Bonchev–Trinajstić information content (AvgIpc) is 2.76. The molecule has 2 aromatic heterocycles. The topological polar surface area (TPSA) is 40.1 Å². The number of furan rings is 1. The highest BCUT2D eigenvalue weighted by atomic mass is 79.9. The van der Waals surface area contributed by atoms with E-state index >= 15 is 0 Å². The Morgan fingerprint density at radius 2 is 2.12 bits per heavy atom. The molecule has 2 heterocycles. The van der Waals surface area contributed by atoms with E-state index < -0.39 is 0 Å². The first kappa shape index (κ1) is 11.3. The van der Waals surface area contributed by atoms with Gasteiger partial charge in [0.1, 0.15) is 5.76 Å². The molecule has 0 saturated heterocycles. The first-order valence-corrected chi connectivity index (χ1v) is 5.88. The summed E-state index contributed by atoms with van der Waals surface area (Å²) >= 11 is 3.23. The largest absolute Gasteiger partial charge is 0.452 e. The zero-order valence-electron chi connectivity index (χ0n) is 9.18. The lowest BCUT2D eigenvalue weighted by Gasteiger charge is -2.03. The lowest BCUT2D eigenvalue weighted by molar-refractivity contribution is 0.466. The summed E-state index contributed by atoms with van der Waals surface area (Å²) in [5.74, 6) is 0.760. The van der Waals surface area contributed by atoms with Crippen LogP contribution in [-0.4, -0.2) is 9.13 Å². The molecule has 2 rings (SSSR count). The lowest BCUT2D eigenvalue weighted by atomic mass is 10.4. The molecular weight excluding hydrogens is 272 g/mol. The Morgan fingerprint density at radius 3 is 2.62 bits per heavy atom. The van der Waals surface area contributed by atoms with Crippen molar-refractivity contribution in [2.24, 2.45) is 0 Å². The molecule has 0 aromatic carbocycles. The van der Waals surface area contributed by atoms with Crippen LogP contribution >= 0.6 is 15.9 Å². The van der Waals surface area contributed by atoms with E-state index in [1.165, 1.54) is 0 Å². The molecule has 0 radical (unpaired) electrons. The van der Waals surface area contributed by atoms with Crippen LogP contribution in [0.2, 0.25) is 0 Å². The molecule has 0 spiro atoms. The van der Waals surface area contributed by atoms with Gasteiger partial charge in [-0.15, -0.1) is 0 Å². The van der Waals surface area contributed by atoms with Gasteiger partial charge in [0, 0.05) is 18.4 Å². The van der Waals surface area contributed by atoms with Crippen LogP contribution < -0.4 is 5.69 Å². The normalized spacial score (nSPS) is 11.2. The third kappa shape index (κ3) is 2.14. The fraction of sp³-hybridized carbons (Fsp3) is 0.364. The number of halogens is 1. The summed E-state index contributed by atoms with van der Waals surface area (Å²) in [6.45, 7) is 4.43. The quantitative estimate of drug-likeness (QED) is 0.869. The van der Waals surface area contributed by atoms with E-state index in [0.717, 1.165) is 5.76 Å². The number of rotatable bonds is 3. The van der Waals surface area contributed by atoms with Crippen LogP contribution in [0.3, 0.4) is 0 Å². The molecule has 0 N–H and O–H groups in total. The number of hydrogen-bond acceptors (Lipinski definition) is 2. The third-order valence-corrected chi connectivity index (χ3v) is 2.81. The van der Waals surface area contributed by atoms with Crippen molar-refractivity contribution in [2.45, 2.75) is 26.4 Å². The molecule has 2 aromatic rings. The standard InChI is InChI=1S/C11H13BrN2O2/c1-8(2)14-6-5-13(11(14)15)7-9-3-4-10(12)16-9/h3-6,8H,7H2,1-2H3. The van der Waals surface area contributed by atoms with Gasteiger partial charge in [-0.2, -0.15) is 0 Å². The van der Waals surface area contributed by atoms with Gasteiger partial charge in [0.25, 0.3) is 0 Å². The summed E-state index contributed by atoms with van der Waals surface area (Å²) in [7, 11) is 0. The Morgan fingerprint density at radius 1 is 1.38 bits per heavy atom. The minimum Gasteiger partial charge on any atom is -0.452 e. The van der Waals surface area contributed by atoms with Crippen molar-refractivity contribution in [1.82, 2.24) is 9.13 Å². The van der Waals surface area contributed by atoms with Gasteiger partial charge >= 0.3 is 5.69 Å². The van der Waals surface area contributed by atoms with Gasteiger partial charge < -0.3 is 4.42 Å². The summed E-state index contributed by atoms with van der Waals surface area (Å²) in [6, 6.07) is 3.85. The van der Waals surface area contributed by atoms with Crippen LogP contribution in [0.15, 0.2) is 38.4 Å². The second kappa shape index (κ2) is 4.33. The first-order chi connectivity index (χ1) is 7.58. The average molecular weight is 285 g/mol.